The van der Waals surface area contributed by atoms with Crippen LogP contribution in [0.1, 0.15) is 149 Å². The number of amides is 2. The van der Waals surface area contributed by atoms with Gasteiger partial charge in [0, 0.05) is 57.6 Å². The SMILES string of the molecule is [3H]C(=O)[C@H](CSCC(=O)CCCNC(=O)COCCOCCCC(=O)COCCOCCNC(=O)CC[C@@H](CC(=O)CCCCCCCCCCCCCCCCCS(=O)(=O)O)C(=O)O)NP. The molecule has 0 bridgehead atoms. The molecule has 0 saturated carbocycles. The quantitative estimate of drug-likeness (QED) is 0.0226. The molecule has 0 aromatic rings. The van der Waals surface area contributed by atoms with Crippen LogP contribution in [-0.4, -0.2) is 149 Å². The van der Waals surface area contributed by atoms with Crippen molar-refractivity contribution in [3.8, 4) is 0 Å². The number of thioether (sulfide) groups is 1. The van der Waals surface area contributed by atoms with E-state index in [-0.39, 0.29) is 119 Å². The van der Waals surface area contributed by atoms with Gasteiger partial charge in [0.25, 0.3) is 10.1 Å². The number of hydrogen-bond donors (Lipinski definition) is 5. The van der Waals surface area contributed by atoms with E-state index in [4.69, 9.17) is 24.9 Å². The van der Waals surface area contributed by atoms with Crippen LogP contribution in [0.25, 0.3) is 0 Å². The van der Waals surface area contributed by atoms with Crippen molar-refractivity contribution in [2.75, 3.05) is 83.2 Å². The van der Waals surface area contributed by atoms with Crippen LogP contribution in [0, 0.1) is 5.92 Å². The van der Waals surface area contributed by atoms with Crippen LogP contribution >= 0.6 is 21.2 Å². The van der Waals surface area contributed by atoms with E-state index in [9.17, 15) is 47.1 Å². The normalized spacial score (nSPS) is 12.6. The van der Waals surface area contributed by atoms with Crippen LogP contribution in [0.4, 0.5) is 0 Å². The van der Waals surface area contributed by atoms with Gasteiger partial charge in [-0.25, -0.2) is 0 Å². The smallest absolute Gasteiger partial charge is 0.306 e. The van der Waals surface area contributed by atoms with Gasteiger partial charge in [-0.2, -0.15) is 20.2 Å². The maximum Gasteiger partial charge on any atom is 0.306 e. The Morgan fingerprint density at radius 3 is 1.70 bits per heavy atom. The molecule has 0 radical (unpaired) electrons. The van der Waals surface area contributed by atoms with Gasteiger partial charge in [0.05, 0.1) is 56.5 Å². The first-order chi connectivity index (χ1) is 32.1. The van der Waals surface area contributed by atoms with Gasteiger partial charge in [-0.05, 0) is 32.1 Å². The third-order valence-electron chi connectivity index (χ3n) is 10.3. The minimum Gasteiger partial charge on any atom is -0.481 e. The number of carboxylic acids is 1. The summed E-state index contributed by atoms with van der Waals surface area (Å²) in [5.74, 6) is -2.37. The monoisotopic (exact) mass is 1000 g/mol. The van der Waals surface area contributed by atoms with Gasteiger partial charge in [0.15, 0.2) is 5.78 Å². The molecule has 0 aliphatic carbocycles. The van der Waals surface area contributed by atoms with Gasteiger partial charge in [0.1, 0.15) is 32.4 Å². The molecule has 384 valence electrons. The summed E-state index contributed by atoms with van der Waals surface area (Å²) in [5.41, 5.74) is 0. The lowest BCUT2D eigenvalue weighted by atomic mass is 9.94. The molecular weight excluding hydrogens is 918 g/mol. The summed E-state index contributed by atoms with van der Waals surface area (Å²) in [4.78, 5) is 83.4. The largest absolute Gasteiger partial charge is 0.481 e. The minimum absolute atomic E-state index is 0.00149. The minimum atomic E-state index is -3.83. The van der Waals surface area contributed by atoms with Crippen molar-refractivity contribution in [3.05, 3.63) is 0 Å². The van der Waals surface area contributed by atoms with Crippen molar-refractivity contribution in [3.63, 3.8) is 0 Å². The zero-order valence-electron chi connectivity index (χ0n) is 40.2. The Kier molecular flexibility index (Phi) is 42.0. The zero-order chi connectivity index (χ0) is 49.8. The number of unbranched alkanes of at least 4 members (excludes halogenated alkanes) is 14. The highest BCUT2D eigenvalue weighted by molar-refractivity contribution is 8.00. The molecule has 18 nitrogen and oxygen atoms in total. The van der Waals surface area contributed by atoms with E-state index in [2.05, 4.69) is 25.1 Å². The number of carboxylic acid groups (broad SMARTS) is 1. The Balaban J connectivity index is 3.66. The van der Waals surface area contributed by atoms with E-state index in [1.807, 2.05) is 0 Å². The Labute approximate surface area is 401 Å². The van der Waals surface area contributed by atoms with Gasteiger partial charge in [-0.15, -0.1) is 0 Å². The predicted octanol–water partition coefficient (Wildman–Crippen LogP) is 5.23. The number of ketones is 3. The highest BCUT2D eigenvalue weighted by atomic mass is 32.2. The van der Waals surface area contributed by atoms with Crippen LogP contribution in [0.5, 0.6) is 0 Å². The molecule has 0 aromatic carbocycles. The van der Waals surface area contributed by atoms with E-state index in [0.717, 1.165) is 57.8 Å². The van der Waals surface area contributed by atoms with Gasteiger partial charge < -0.3 is 39.5 Å². The fraction of sp³-hybridized carbons (Fsp3) is 0.844. The molecule has 0 aromatic heterocycles. The van der Waals surface area contributed by atoms with E-state index < -0.39 is 34.3 Å². The van der Waals surface area contributed by atoms with Crippen molar-refractivity contribution >= 4 is 72.7 Å². The van der Waals surface area contributed by atoms with Gasteiger partial charge in [-0.3, -0.25) is 38.4 Å². The maximum absolute atomic E-state index is 12.5. The lowest BCUT2D eigenvalue weighted by molar-refractivity contribution is -0.144. The van der Waals surface area contributed by atoms with Crippen LogP contribution in [0.3, 0.4) is 0 Å². The van der Waals surface area contributed by atoms with Crippen molar-refractivity contribution < 1.29 is 72.0 Å². The summed E-state index contributed by atoms with van der Waals surface area (Å²) in [6, 6.07) is -0.630. The van der Waals surface area contributed by atoms with Gasteiger partial charge in [0.2, 0.25) is 11.8 Å². The Bertz CT molecular complexity index is 1480. The summed E-state index contributed by atoms with van der Waals surface area (Å²) in [5, 5.41) is 17.6. The zero-order valence-corrected chi connectivity index (χ0v) is 42.0. The first-order valence-electron chi connectivity index (χ1n) is 24.3. The summed E-state index contributed by atoms with van der Waals surface area (Å²) < 4.78 is 58.7. The first kappa shape index (κ1) is 61.6. The third kappa shape index (κ3) is 45.4. The number of carbonyl (C=O) groups excluding carboxylic acids is 6. The van der Waals surface area contributed by atoms with Crippen molar-refractivity contribution in [1.82, 2.24) is 15.7 Å². The average molecular weight is 1000 g/mol. The first-order valence-corrected chi connectivity index (χ1v) is 27.1. The lowest BCUT2D eigenvalue weighted by Crippen LogP contribution is -2.29. The summed E-state index contributed by atoms with van der Waals surface area (Å²) in [6.07, 6.45) is 16.8. The molecule has 1 unspecified atom stereocenters. The summed E-state index contributed by atoms with van der Waals surface area (Å²) in [6.45, 7) is 1.78. The number of rotatable bonds is 51. The second-order valence-electron chi connectivity index (χ2n) is 16.3. The van der Waals surface area contributed by atoms with Crippen molar-refractivity contribution in [1.29, 1.82) is 0 Å². The summed E-state index contributed by atoms with van der Waals surface area (Å²) >= 11 is 1.28. The molecule has 0 rings (SSSR count). The summed E-state index contributed by atoms with van der Waals surface area (Å²) in [7, 11) is -1.64. The molecule has 0 spiro atoms. The molecule has 0 fully saturated rings. The van der Waals surface area contributed by atoms with Crippen LogP contribution in [0.15, 0.2) is 0 Å². The number of nitrogens with one attached hydrogen (secondary N) is 3. The number of Topliss-reactive ketones (excluding diaryl/α,β-unsaturated/α-hetero) is 3. The molecule has 0 aliphatic rings. The topological polar surface area (TPSA) is 267 Å². The lowest BCUT2D eigenvalue weighted by Gasteiger charge is -2.12. The van der Waals surface area contributed by atoms with Crippen molar-refractivity contribution in [2.24, 2.45) is 5.92 Å². The van der Waals surface area contributed by atoms with Crippen LogP contribution in [-0.2, 0) is 62.6 Å². The van der Waals surface area contributed by atoms with Crippen LogP contribution < -0.4 is 15.7 Å². The Hall–Kier alpha value is -2.42. The third-order valence-corrected chi connectivity index (χ3v) is 12.6. The molecule has 0 saturated heterocycles. The van der Waals surface area contributed by atoms with E-state index in [1.54, 1.807) is 0 Å². The highest BCUT2D eigenvalue weighted by Gasteiger charge is 2.22. The van der Waals surface area contributed by atoms with Gasteiger partial charge in [-0.1, -0.05) is 92.9 Å². The van der Waals surface area contributed by atoms with E-state index >= 15 is 0 Å². The number of aldehydes is 1. The highest BCUT2D eigenvalue weighted by Crippen LogP contribution is 2.17. The maximum atomic E-state index is 12.5. The molecule has 2 amide bonds. The second kappa shape index (κ2) is 45.0. The number of carbonyl (C=O) groups is 7. The molecule has 5 N–H and O–H groups in total. The predicted molar refractivity (Wildman–Crippen MR) is 258 cm³/mol. The number of ether oxygens (including phenoxy) is 4. The molecule has 3 atom stereocenters. The van der Waals surface area contributed by atoms with E-state index in [1.165, 1.54) is 43.9 Å². The van der Waals surface area contributed by atoms with Crippen molar-refractivity contribution in [2.45, 2.75) is 154 Å². The average Bonchev–Trinajstić information content (AvgIpc) is 3.27. The van der Waals surface area contributed by atoms with Crippen LogP contribution in [0.2, 0.25) is 0 Å². The Morgan fingerprint density at radius 2 is 1.12 bits per heavy atom. The van der Waals surface area contributed by atoms with Gasteiger partial charge >= 0.3 is 5.97 Å². The molecule has 21 heteroatoms. The molecule has 0 aliphatic heterocycles. The molecule has 0 heterocycles. The Morgan fingerprint density at radius 1 is 0.606 bits per heavy atom. The molecule has 66 heavy (non-hydrogen) atoms. The fourth-order valence-electron chi connectivity index (χ4n) is 6.53. The molecular formula is C45H82N3O15PS2. The fourth-order valence-corrected chi connectivity index (χ4v) is 8.34. The number of hydrogen-bond acceptors (Lipinski definition) is 15. The number of aliphatic carboxylic acids is 1. The second-order valence-corrected chi connectivity index (χ2v) is 19.3. The van der Waals surface area contributed by atoms with E-state index in [0.29, 0.717) is 51.0 Å². The standard InChI is InChI=1S/C45H82N3O15PS2/c49-33-39(48-64)36-65-37-42(52)19-16-23-46-44(54)35-63-30-27-60-25-17-20-41(51)34-62-29-28-61-26-24-47-43(53)22-21-38(45(55)56)32-40(50)18-14-12-10-8-6-4-2-1-3-5-7-9-11-13-15-31-66(57,58)59/h33,38-39,48H,1-32,34-37,64H2,(H,46,54)(H,47,53)(H,55,56)(H,57,58,59)/t38-,39+/m0/s1/i33T.